The Hall–Kier alpha value is 0.100. The number of ether oxygens (including phenoxy) is 1. The van der Waals surface area contributed by atoms with Crippen molar-refractivity contribution < 1.29 is 53.5 Å². The van der Waals surface area contributed by atoms with Crippen molar-refractivity contribution in [3.63, 3.8) is 0 Å². The van der Waals surface area contributed by atoms with Crippen LogP contribution in [0.3, 0.4) is 0 Å². The summed E-state index contributed by atoms with van der Waals surface area (Å²) in [6.07, 6.45) is -9.19. The molecule has 11 nitrogen and oxygen atoms in total. The van der Waals surface area contributed by atoms with Crippen molar-refractivity contribution in [2.75, 3.05) is 6.61 Å². The van der Waals surface area contributed by atoms with Crippen molar-refractivity contribution in [2.24, 2.45) is 0 Å². The molecule has 1 unspecified atom stereocenters. The zero-order valence-corrected chi connectivity index (χ0v) is 11.0. The van der Waals surface area contributed by atoms with E-state index in [9.17, 15) is 24.4 Å². The van der Waals surface area contributed by atoms with Crippen LogP contribution in [-0.2, 0) is 18.4 Å². The first-order valence-corrected chi connectivity index (χ1v) is 8.78. The number of hydrogen-bond acceptors (Lipinski definition) is 8. The van der Waals surface area contributed by atoms with Crippen molar-refractivity contribution in [1.29, 1.82) is 0 Å². The molecular weight excluding hydrogens is 310 g/mol. The fraction of sp³-hybridized carbons (Fsp3) is 1.00. The van der Waals surface area contributed by atoms with Crippen molar-refractivity contribution in [1.82, 2.24) is 0 Å². The van der Waals surface area contributed by atoms with Gasteiger partial charge in [-0.05, 0) is 0 Å². The summed E-state index contributed by atoms with van der Waals surface area (Å²) in [6, 6.07) is 0. The lowest BCUT2D eigenvalue weighted by Crippen LogP contribution is -2.58. The summed E-state index contributed by atoms with van der Waals surface area (Å²) in [6.45, 7) is -0.823. The van der Waals surface area contributed by atoms with Crippen LogP contribution in [0.1, 0.15) is 0 Å². The standard InChI is InChI=1S/C6H14O11P2/c7-1-2-3(8)4(9)5(10)6(16-2)17-19(14,15)18(11,12)13/h2-10H,1H2,(H,14,15)(H2,11,12,13)/t2-,3-,4+,5-,6-/m1/s1. The number of rotatable bonds is 4. The Kier molecular flexibility index (Phi) is 5.27. The van der Waals surface area contributed by atoms with Gasteiger partial charge in [0.1, 0.15) is 24.4 Å². The van der Waals surface area contributed by atoms with Gasteiger partial charge in [-0.3, -0.25) is 4.52 Å². The van der Waals surface area contributed by atoms with Gasteiger partial charge in [0.05, 0.1) is 6.61 Å². The van der Waals surface area contributed by atoms with E-state index >= 15 is 0 Å². The molecule has 0 saturated carbocycles. The van der Waals surface area contributed by atoms with Gasteiger partial charge in [-0.25, -0.2) is 9.13 Å². The van der Waals surface area contributed by atoms with Gasteiger partial charge in [0.25, 0.3) is 0 Å². The summed E-state index contributed by atoms with van der Waals surface area (Å²) < 4.78 is 30.6. The van der Waals surface area contributed by atoms with Crippen LogP contribution in [0.5, 0.6) is 0 Å². The third kappa shape index (κ3) is 3.60. The van der Waals surface area contributed by atoms with E-state index in [0.29, 0.717) is 0 Å². The summed E-state index contributed by atoms with van der Waals surface area (Å²) in [4.78, 5) is 26.2. The van der Waals surface area contributed by atoms with Crippen molar-refractivity contribution in [2.45, 2.75) is 30.7 Å². The minimum absolute atomic E-state index is 0.823. The highest BCUT2D eigenvalue weighted by Gasteiger charge is 2.51. The van der Waals surface area contributed by atoms with Gasteiger partial charge in [-0.2, -0.15) is 0 Å². The van der Waals surface area contributed by atoms with E-state index in [1.165, 1.54) is 0 Å². The molecule has 1 fully saturated rings. The molecule has 19 heavy (non-hydrogen) atoms. The number of aliphatic hydroxyl groups is 4. The molecule has 0 radical (unpaired) electrons. The second-order valence-corrected chi connectivity index (χ2v) is 9.10. The van der Waals surface area contributed by atoms with Gasteiger partial charge < -0.3 is 39.8 Å². The Morgan fingerprint density at radius 1 is 1.00 bits per heavy atom. The van der Waals surface area contributed by atoms with E-state index in [0.717, 1.165) is 0 Å². The molecule has 6 atom stereocenters. The maximum Gasteiger partial charge on any atom is 0.440 e. The third-order valence-electron chi connectivity index (χ3n) is 2.42. The maximum atomic E-state index is 11.2. The summed E-state index contributed by atoms with van der Waals surface area (Å²) in [5.74, 6) is 0. The fourth-order valence-corrected chi connectivity index (χ4v) is 2.57. The highest BCUT2D eigenvalue weighted by atomic mass is 32.1. The number of aliphatic hydroxyl groups excluding tert-OH is 4. The van der Waals surface area contributed by atoms with Crippen molar-refractivity contribution in [3.05, 3.63) is 0 Å². The Balaban J connectivity index is 2.89. The molecular formula is C6H14O11P2. The second-order valence-electron chi connectivity index (χ2n) is 3.81. The summed E-state index contributed by atoms with van der Waals surface area (Å²) in [7, 11) is -11.0. The monoisotopic (exact) mass is 324 g/mol. The van der Waals surface area contributed by atoms with Gasteiger partial charge >= 0.3 is 14.6 Å². The van der Waals surface area contributed by atoms with Crippen LogP contribution in [0, 0.1) is 0 Å². The van der Waals surface area contributed by atoms with Gasteiger partial charge in [0.15, 0.2) is 6.29 Å². The Morgan fingerprint density at radius 2 is 1.53 bits per heavy atom. The lowest BCUT2D eigenvalue weighted by Gasteiger charge is -2.39. The molecule has 1 aliphatic heterocycles. The zero-order chi connectivity index (χ0) is 15.0. The molecule has 0 aliphatic carbocycles. The van der Waals surface area contributed by atoms with Crippen LogP contribution in [0.15, 0.2) is 0 Å². The molecule has 1 heterocycles. The largest absolute Gasteiger partial charge is 0.440 e. The van der Waals surface area contributed by atoms with Gasteiger partial charge in [-0.1, -0.05) is 0 Å². The SMILES string of the molecule is O=P(O)(O)P(=O)(O)O[C@H]1O[C@H](CO)[C@@H](O)[C@H](O)[C@H]1O. The number of hydrogen-bond donors (Lipinski definition) is 7. The predicted molar refractivity (Wildman–Crippen MR) is 56.7 cm³/mol. The molecule has 13 heteroatoms. The van der Waals surface area contributed by atoms with Crippen LogP contribution in [-0.4, -0.2) is 72.4 Å². The van der Waals surface area contributed by atoms with E-state index in [4.69, 9.17) is 19.8 Å². The summed E-state index contributed by atoms with van der Waals surface area (Å²) in [5, 5.41) is 37.0. The van der Waals surface area contributed by atoms with E-state index in [1.54, 1.807) is 0 Å². The van der Waals surface area contributed by atoms with E-state index in [2.05, 4.69) is 9.26 Å². The smallest absolute Gasteiger partial charge is 0.394 e. The highest BCUT2D eigenvalue weighted by molar-refractivity contribution is 8.26. The molecule has 0 aromatic carbocycles. The molecule has 7 N–H and O–H groups in total. The quantitative estimate of drug-likeness (QED) is 0.262. The van der Waals surface area contributed by atoms with E-state index < -0.39 is 51.9 Å². The molecule has 0 aromatic rings. The topological polar surface area (TPSA) is 194 Å². The van der Waals surface area contributed by atoms with Gasteiger partial charge in [0.2, 0.25) is 0 Å². The molecule has 114 valence electrons. The highest BCUT2D eigenvalue weighted by Crippen LogP contribution is 2.75. The lowest BCUT2D eigenvalue weighted by molar-refractivity contribution is -0.278. The molecule has 0 amide bonds. The predicted octanol–water partition coefficient (Wildman–Crippen LogP) is -2.92. The molecule has 1 saturated heterocycles. The van der Waals surface area contributed by atoms with Crippen LogP contribution in [0.4, 0.5) is 0 Å². The van der Waals surface area contributed by atoms with Crippen LogP contribution >= 0.6 is 14.6 Å². The van der Waals surface area contributed by atoms with Gasteiger partial charge in [0, 0.05) is 0 Å². The van der Waals surface area contributed by atoms with E-state index in [1.807, 2.05) is 0 Å². The summed E-state index contributed by atoms with van der Waals surface area (Å²) in [5.41, 5.74) is 0. The minimum atomic E-state index is -5.53. The van der Waals surface area contributed by atoms with Crippen molar-refractivity contribution in [3.8, 4) is 0 Å². The van der Waals surface area contributed by atoms with Crippen LogP contribution in [0.2, 0.25) is 0 Å². The lowest BCUT2D eigenvalue weighted by atomic mass is 10.00. The second kappa shape index (κ2) is 5.84. The molecule has 0 aromatic heterocycles. The van der Waals surface area contributed by atoms with Crippen LogP contribution in [0.25, 0.3) is 0 Å². The Morgan fingerprint density at radius 3 is 1.95 bits per heavy atom. The summed E-state index contributed by atoms with van der Waals surface area (Å²) >= 11 is 0. The molecule has 1 aliphatic rings. The third-order valence-corrected chi connectivity index (χ3v) is 5.82. The molecule has 0 bridgehead atoms. The molecule has 1 rings (SSSR count). The average Bonchev–Trinajstić information content (AvgIpc) is 2.28. The first-order chi connectivity index (χ1) is 8.51. The maximum absolute atomic E-state index is 11.2. The zero-order valence-electron chi connectivity index (χ0n) is 9.25. The fourth-order valence-electron chi connectivity index (χ4n) is 1.35. The van der Waals surface area contributed by atoms with Crippen molar-refractivity contribution >= 4 is 14.6 Å². The van der Waals surface area contributed by atoms with Crippen LogP contribution < -0.4 is 0 Å². The Labute approximate surface area is 106 Å². The van der Waals surface area contributed by atoms with Gasteiger partial charge in [-0.15, -0.1) is 0 Å². The first kappa shape index (κ1) is 17.2. The first-order valence-electron chi connectivity index (χ1n) is 4.89. The minimum Gasteiger partial charge on any atom is -0.394 e. The average molecular weight is 324 g/mol. The normalized spacial score (nSPS) is 39.8. The van der Waals surface area contributed by atoms with E-state index in [-0.39, 0.29) is 0 Å². The Bertz CT molecular complexity index is 404. The molecule has 0 spiro atoms.